The third-order valence-electron chi connectivity index (χ3n) is 5.05. The molecule has 1 N–H and O–H groups in total. The van der Waals surface area contributed by atoms with Crippen LogP contribution in [0.15, 0.2) is 30.3 Å². The van der Waals surface area contributed by atoms with E-state index in [1.807, 2.05) is 6.07 Å². The van der Waals surface area contributed by atoms with Crippen molar-refractivity contribution >= 4 is 0 Å². The molecule has 1 aromatic carbocycles. The van der Waals surface area contributed by atoms with Gasteiger partial charge in [0.25, 0.3) is 0 Å². The number of aromatic nitrogens is 2. The molecule has 1 aromatic heterocycles. The van der Waals surface area contributed by atoms with Gasteiger partial charge in [0.05, 0.1) is 24.9 Å². The second kappa shape index (κ2) is 8.61. The van der Waals surface area contributed by atoms with E-state index in [-0.39, 0.29) is 6.10 Å². The van der Waals surface area contributed by atoms with Crippen LogP contribution in [0.1, 0.15) is 29.4 Å². The van der Waals surface area contributed by atoms with Crippen LogP contribution >= 0.6 is 0 Å². The molecule has 2 heterocycles. The lowest BCUT2D eigenvalue weighted by Crippen LogP contribution is -2.46. The molecule has 1 fully saturated rings. The monoisotopic (exact) mass is 342 g/mol. The first kappa shape index (κ1) is 18.1. The lowest BCUT2D eigenvalue weighted by Gasteiger charge is -2.32. The topological polar surface area (TPSA) is 42.3 Å². The largest absolute Gasteiger partial charge is 0.374 e. The molecule has 1 aliphatic heterocycles. The van der Waals surface area contributed by atoms with Gasteiger partial charge in [0.2, 0.25) is 0 Å². The summed E-state index contributed by atoms with van der Waals surface area (Å²) in [5.74, 6) is 0. The summed E-state index contributed by atoms with van der Waals surface area (Å²) in [5, 5.41) is 8.30. The summed E-state index contributed by atoms with van der Waals surface area (Å²) in [7, 11) is 0. The van der Waals surface area contributed by atoms with Crippen molar-refractivity contribution in [1.82, 2.24) is 20.0 Å². The lowest BCUT2D eigenvalue weighted by atomic mass is 10.2. The smallest absolute Gasteiger partial charge is 0.0826 e. The van der Waals surface area contributed by atoms with E-state index < -0.39 is 0 Å². The van der Waals surface area contributed by atoms with Crippen molar-refractivity contribution in [2.45, 2.75) is 40.0 Å². The number of hydrogen-bond acceptors (Lipinski definition) is 4. The van der Waals surface area contributed by atoms with Crippen LogP contribution in [0, 0.1) is 13.8 Å². The van der Waals surface area contributed by atoms with E-state index in [2.05, 4.69) is 59.9 Å². The fourth-order valence-corrected chi connectivity index (χ4v) is 3.45. The Hall–Kier alpha value is -1.69. The molecular formula is C20H30N4O. The average molecular weight is 342 g/mol. The van der Waals surface area contributed by atoms with E-state index in [0.717, 1.165) is 51.6 Å². The predicted molar refractivity (Wildman–Crippen MR) is 101 cm³/mol. The zero-order chi connectivity index (χ0) is 17.6. The van der Waals surface area contributed by atoms with Gasteiger partial charge in [-0.25, -0.2) is 0 Å². The van der Waals surface area contributed by atoms with Crippen LogP contribution in [0.5, 0.6) is 0 Å². The maximum absolute atomic E-state index is 5.87. The number of nitrogens with one attached hydrogen (secondary N) is 1. The van der Waals surface area contributed by atoms with Crippen molar-refractivity contribution in [3.8, 4) is 0 Å². The van der Waals surface area contributed by atoms with Gasteiger partial charge in [0.1, 0.15) is 0 Å². The number of aryl methyl sites for hydroxylation is 1. The van der Waals surface area contributed by atoms with Crippen molar-refractivity contribution in [3.63, 3.8) is 0 Å². The maximum atomic E-state index is 5.87. The number of rotatable bonds is 7. The summed E-state index contributed by atoms with van der Waals surface area (Å²) in [6.07, 6.45) is 0.286. The fraction of sp³-hybridized carbons (Fsp3) is 0.550. The van der Waals surface area contributed by atoms with Crippen LogP contribution in [0.2, 0.25) is 0 Å². The molecule has 1 aliphatic rings. The van der Waals surface area contributed by atoms with Crippen molar-refractivity contribution < 1.29 is 4.74 Å². The molecule has 0 spiro atoms. The molecular weight excluding hydrogens is 312 g/mol. The quantitative estimate of drug-likeness (QED) is 0.839. The third-order valence-corrected chi connectivity index (χ3v) is 5.05. The maximum Gasteiger partial charge on any atom is 0.0826 e. The summed E-state index contributed by atoms with van der Waals surface area (Å²) >= 11 is 0. The zero-order valence-electron chi connectivity index (χ0n) is 15.7. The van der Waals surface area contributed by atoms with Crippen LogP contribution in [0.4, 0.5) is 0 Å². The van der Waals surface area contributed by atoms with Gasteiger partial charge in [-0.3, -0.25) is 9.58 Å². The standard InChI is InChI=1S/C20H30N4O/c1-4-23-10-11-25-19(15-23)12-21-13-20-16(2)22-24(17(20)3)14-18-8-6-5-7-9-18/h5-9,19,21H,4,10-15H2,1-3H3. The summed E-state index contributed by atoms with van der Waals surface area (Å²) in [4.78, 5) is 2.45. The third kappa shape index (κ3) is 4.69. The first-order chi connectivity index (χ1) is 12.2. The average Bonchev–Trinajstić information content (AvgIpc) is 2.90. The van der Waals surface area contributed by atoms with Gasteiger partial charge in [0, 0.05) is 37.4 Å². The van der Waals surface area contributed by atoms with Crippen LogP contribution in [0.25, 0.3) is 0 Å². The Balaban J connectivity index is 1.56. The van der Waals surface area contributed by atoms with Crippen LogP contribution in [0.3, 0.4) is 0 Å². The van der Waals surface area contributed by atoms with E-state index in [0.29, 0.717) is 0 Å². The molecule has 3 rings (SSSR count). The van der Waals surface area contributed by atoms with Crippen molar-refractivity contribution in [2.75, 3.05) is 32.8 Å². The summed E-state index contributed by atoms with van der Waals surface area (Å²) in [5.41, 5.74) is 4.94. The molecule has 0 aliphatic carbocycles. The molecule has 0 radical (unpaired) electrons. The molecule has 5 nitrogen and oxygen atoms in total. The molecule has 136 valence electrons. The number of ether oxygens (including phenoxy) is 1. The molecule has 5 heteroatoms. The van der Waals surface area contributed by atoms with E-state index in [4.69, 9.17) is 9.84 Å². The summed E-state index contributed by atoms with van der Waals surface area (Å²) in [6, 6.07) is 10.5. The molecule has 2 aromatic rings. The van der Waals surface area contributed by atoms with Crippen molar-refractivity contribution in [1.29, 1.82) is 0 Å². The second-order valence-corrected chi connectivity index (χ2v) is 6.81. The highest BCUT2D eigenvalue weighted by Gasteiger charge is 2.19. The fourth-order valence-electron chi connectivity index (χ4n) is 3.45. The van der Waals surface area contributed by atoms with Gasteiger partial charge >= 0.3 is 0 Å². The first-order valence-corrected chi connectivity index (χ1v) is 9.29. The Bertz CT molecular complexity index is 668. The van der Waals surface area contributed by atoms with E-state index >= 15 is 0 Å². The highest BCUT2D eigenvalue weighted by molar-refractivity contribution is 5.26. The van der Waals surface area contributed by atoms with Crippen LogP contribution in [-0.2, 0) is 17.8 Å². The van der Waals surface area contributed by atoms with Gasteiger partial charge in [-0.1, -0.05) is 37.3 Å². The van der Waals surface area contributed by atoms with Gasteiger partial charge in [-0.2, -0.15) is 5.10 Å². The number of benzene rings is 1. The molecule has 0 amide bonds. The van der Waals surface area contributed by atoms with E-state index in [9.17, 15) is 0 Å². The lowest BCUT2D eigenvalue weighted by molar-refractivity contribution is -0.0253. The minimum atomic E-state index is 0.286. The van der Waals surface area contributed by atoms with Crippen molar-refractivity contribution in [2.24, 2.45) is 0 Å². The molecule has 1 unspecified atom stereocenters. The number of likely N-dealkylation sites (N-methyl/N-ethyl adjacent to an activating group) is 1. The van der Waals surface area contributed by atoms with Crippen molar-refractivity contribution in [3.05, 3.63) is 52.8 Å². The van der Waals surface area contributed by atoms with Gasteiger partial charge in [-0.05, 0) is 26.0 Å². The summed E-state index contributed by atoms with van der Waals surface area (Å²) < 4.78 is 7.98. The zero-order valence-corrected chi connectivity index (χ0v) is 15.7. The molecule has 1 saturated heterocycles. The molecule has 25 heavy (non-hydrogen) atoms. The Morgan fingerprint density at radius 2 is 2.04 bits per heavy atom. The summed E-state index contributed by atoms with van der Waals surface area (Å²) in [6.45, 7) is 13.0. The Labute approximate surface area is 151 Å². The Morgan fingerprint density at radius 3 is 2.80 bits per heavy atom. The minimum absolute atomic E-state index is 0.286. The molecule has 0 bridgehead atoms. The molecule has 1 atom stereocenters. The number of nitrogens with zero attached hydrogens (tertiary/aromatic N) is 3. The number of hydrogen-bond donors (Lipinski definition) is 1. The number of morpholine rings is 1. The SMILES string of the molecule is CCN1CCOC(CNCc2c(C)nn(Cc3ccccc3)c2C)C1. The highest BCUT2D eigenvalue weighted by atomic mass is 16.5. The van der Waals surface area contributed by atoms with Crippen LogP contribution in [-0.4, -0.2) is 53.6 Å². The normalized spacial score (nSPS) is 18.6. The first-order valence-electron chi connectivity index (χ1n) is 9.29. The van der Waals surface area contributed by atoms with Gasteiger partial charge in [0.15, 0.2) is 0 Å². The second-order valence-electron chi connectivity index (χ2n) is 6.81. The predicted octanol–water partition coefficient (Wildman–Crippen LogP) is 2.36. The van der Waals surface area contributed by atoms with Gasteiger partial charge in [-0.15, -0.1) is 0 Å². The highest BCUT2D eigenvalue weighted by Crippen LogP contribution is 2.15. The molecule has 0 saturated carbocycles. The minimum Gasteiger partial charge on any atom is -0.374 e. The van der Waals surface area contributed by atoms with E-state index in [1.165, 1.54) is 16.8 Å². The van der Waals surface area contributed by atoms with E-state index in [1.54, 1.807) is 0 Å². The van der Waals surface area contributed by atoms with Crippen LogP contribution < -0.4 is 5.32 Å². The Morgan fingerprint density at radius 1 is 1.24 bits per heavy atom. The van der Waals surface area contributed by atoms with Gasteiger partial charge < -0.3 is 10.1 Å². The Kier molecular flexibility index (Phi) is 6.24.